The van der Waals surface area contributed by atoms with Gasteiger partial charge in [0.05, 0.1) is 6.26 Å². The van der Waals surface area contributed by atoms with E-state index in [0.717, 1.165) is 12.8 Å². The second-order valence-corrected chi connectivity index (χ2v) is 8.20. The molecule has 0 spiro atoms. The number of piperidine rings is 1. The summed E-state index contributed by atoms with van der Waals surface area (Å²) < 4.78 is 35.7. The minimum absolute atomic E-state index is 0.190. The maximum atomic E-state index is 12.3. The van der Waals surface area contributed by atoms with Crippen LogP contribution in [0.5, 0.6) is 11.5 Å². The first kappa shape index (κ1) is 17.0. The van der Waals surface area contributed by atoms with Gasteiger partial charge in [0.25, 0.3) is 5.91 Å². The second kappa shape index (κ2) is 6.98. The minimum Gasteiger partial charge on any atom is -0.485 e. The Morgan fingerprint density at radius 3 is 2.58 bits per heavy atom. The van der Waals surface area contributed by atoms with Crippen molar-refractivity contribution in [3.05, 3.63) is 24.3 Å². The van der Waals surface area contributed by atoms with Crippen LogP contribution in [0.15, 0.2) is 24.3 Å². The summed E-state index contributed by atoms with van der Waals surface area (Å²) in [5, 5.41) is 2.89. The van der Waals surface area contributed by atoms with Crippen molar-refractivity contribution in [3.8, 4) is 11.5 Å². The van der Waals surface area contributed by atoms with E-state index in [1.54, 1.807) is 12.1 Å². The van der Waals surface area contributed by atoms with Crippen LogP contribution in [0.2, 0.25) is 0 Å². The lowest BCUT2D eigenvalue weighted by Crippen LogP contribution is -2.46. The van der Waals surface area contributed by atoms with Gasteiger partial charge in [-0.25, -0.2) is 12.7 Å². The van der Waals surface area contributed by atoms with Crippen LogP contribution in [0.25, 0.3) is 0 Å². The molecule has 1 N–H and O–H groups in total. The standard InChI is InChI=1S/C16H22N2O5S/c1-24(20,21)18-8-6-12(7-9-18)10-17-16(19)15-11-22-13-4-2-3-5-14(13)23-15/h2-5,12,15H,6-11H2,1H3,(H,17,19). The molecule has 1 atom stereocenters. The Hall–Kier alpha value is -1.80. The number of carbonyl (C=O) groups is 1. The van der Waals surface area contributed by atoms with E-state index in [0.29, 0.717) is 31.1 Å². The highest BCUT2D eigenvalue weighted by atomic mass is 32.2. The fraction of sp³-hybridized carbons (Fsp3) is 0.562. The maximum absolute atomic E-state index is 12.3. The predicted molar refractivity (Wildman–Crippen MR) is 88.5 cm³/mol. The Morgan fingerprint density at radius 2 is 1.92 bits per heavy atom. The molecule has 1 fully saturated rings. The number of rotatable bonds is 4. The van der Waals surface area contributed by atoms with E-state index in [1.807, 2.05) is 12.1 Å². The summed E-state index contributed by atoms with van der Waals surface area (Å²) in [6.45, 7) is 1.74. The van der Waals surface area contributed by atoms with Crippen LogP contribution < -0.4 is 14.8 Å². The third-order valence-electron chi connectivity index (χ3n) is 4.41. The average molecular weight is 354 g/mol. The van der Waals surface area contributed by atoms with Crippen molar-refractivity contribution in [3.63, 3.8) is 0 Å². The van der Waals surface area contributed by atoms with Crippen molar-refractivity contribution in [2.24, 2.45) is 5.92 Å². The van der Waals surface area contributed by atoms with Gasteiger partial charge in [0.2, 0.25) is 16.1 Å². The lowest BCUT2D eigenvalue weighted by Gasteiger charge is -2.31. The molecule has 0 aromatic heterocycles. The van der Waals surface area contributed by atoms with E-state index in [4.69, 9.17) is 9.47 Å². The molecule has 132 valence electrons. The zero-order chi connectivity index (χ0) is 17.2. The smallest absolute Gasteiger partial charge is 0.264 e. The highest BCUT2D eigenvalue weighted by Gasteiger charge is 2.29. The van der Waals surface area contributed by atoms with Crippen molar-refractivity contribution < 1.29 is 22.7 Å². The third-order valence-corrected chi connectivity index (χ3v) is 5.71. The molecule has 1 aromatic carbocycles. The lowest BCUT2D eigenvalue weighted by atomic mass is 9.98. The molecule has 2 aliphatic heterocycles. The van der Waals surface area contributed by atoms with Gasteiger partial charge in [-0.2, -0.15) is 0 Å². The summed E-state index contributed by atoms with van der Waals surface area (Å²) in [7, 11) is -3.12. The molecule has 0 aliphatic carbocycles. The van der Waals surface area contributed by atoms with Crippen molar-refractivity contribution in [1.29, 1.82) is 0 Å². The van der Waals surface area contributed by atoms with Crippen LogP contribution in [0.3, 0.4) is 0 Å². The zero-order valence-corrected chi connectivity index (χ0v) is 14.4. The van der Waals surface area contributed by atoms with Gasteiger partial charge in [-0.1, -0.05) is 12.1 Å². The highest BCUT2D eigenvalue weighted by molar-refractivity contribution is 7.88. The van der Waals surface area contributed by atoms with Gasteiger partial charge in [0.1, 0.15) is 6.61 Å². The zero-order valence-electron chi connectivity index (χ0n) is 13.6. The molecule has 1 saturated heterocycles. The summed E-state index contributed by atoms with van der Waals surface area (Å²) in [4.78, 5) is 12.3. The number of amides is 1. The van der Waals surface area contributed by atoms with Gasteiger partial charge in [0.15, 0.2) is 11.5 Å². The molecule has 1 unspecified atom stereocenters. The lowest BCUT2D eigenvalue weighted by molar-refractivity contribution is -0.130. The van der Waals surface area contributed by atoms with Crippen LogP contribution in [0, 0.1) is 5.92 Å². The molecule has 8 heteroatoms. The van der Waals surface area contributed by atoms with Crippen LogP contribution >= 0.6 is 0 Å². The number of hydrogen-bond donors (Lipinski definition) is 1. The SMILES string of the molecule is CS(=O)(=O)N1CCC(CNC(=O)C2COc3ccccc3O2)CC1. The van der Waals surface area contributed by atoms with Gasteiger partial charge in [-0.05, 0) is 30.9 Å². The number of hydrogen-bond acceptors (Lipinski definition) is 5. The molecule has 24 heavy (non-hydrogen) atoms. The second-order valence-electron chi connectivity index (χ2n) is 6.21. The molecule has 0 radical (unpaired) electrons. The molecule has 1 aromatic rings. The Bertz CT molecular complexity index is 698. The van der Waals surface area contributed by atoms with Crippen molar-refractivity contribution in [1.82, 2.24) is 9.62 Å². The first-order valence-electron chi connectivity index (χ1n) is 8.05. The molecular formula is C16H22N2O5S. The molecule has 0 bridgehead atoms. The molecule has 2 aliphatic rings. The van der Waals surface area contributed by atoms with Crippen LogP contribution in [0.1, 0.15) is 12.8 Å². The van der Waals surface area contributed by atoms with E-state index in [9.17, 15) is 13.2 Å². The Kier molecular flexibility index (Phi) is 4.96. The number of para-hydroxylation sites is 2. The predicted octanol–water partition coefficient (Wildman–Crippen LogP) is 0.614. The summed E-state index contributed by atoms with van der Waals surface area (Å²) in [5.41, 5.74) is 0. The normalized spacial score (nSPS) is 22.1. The third kappa shape index (κ3) is 3.99. The summed E-state index contributed by atoms with van der Waals surface area (Å²) in [5.74, 6) is 1.30. The van der Waals surface area contributed by atoms with Gasteiger partial charge in [-0.3, -0.25) is 4.79 Å². The molecule has 2 heterocycles. The number of benzene rings is 1. The molecule has 7 nitrogen and oxygen atoms in total. The number of ether oxygens (including phenoxy) is 2. The van der Waals surface area contributed by atoms with Gasteiger partial charge in [0, 0.05) is 19.6 Å². The van der Waals surface area contributed by atoms with E-state index in [-0.39, 0.29) is 18.4 Å². The van der Waals surface area contributed by atoms with Crippen molar-refractivity contribution in [2.75, 3.05) is 32.5 Å². The van der Waals surface area contributed by atoms with E-state index in [2.05, 4.69) is 5.32 Å². The molecule has 3 rings (SSSR count). The van der Waals surface area contributed by atoms with E-state index >= 15 is 0 Å². The first-order valence-corrected chi connectivity index (χ1v) is 9.89. The fourth-order valence-corrected chi connectivity index (χ4v) is 3.83. The average Bonchev–Trinajstić information content (AvgIpc) is 2.59. The number of nitrogens with zero attached hydrogens (tertiary/aromatic N) is 1. The summed E-state index contributed by atoms with van der Waals surface area (Å²) in [6, 6.07) is 7.26. The Labute approximate surface area is 142 Å². The Morgan fingerprint density at radius 1 is 1.25 bits per heavy atom. The van der Waals surface area contributed by atoms with Crippen LogP contribution in [-0.4, -0.2) is 57.2 Å². The fourth-order valence-electron chi connectivity index (χ4n) is 2.95. The van der Waals surface area contributed by atoms with Crippen molar-refractivity contribution >= 4 is 15.9 Å². The minimum atomic E-state index is -3.12. The first-order chi connectivity index (χ1) is 11.4. The molecule has 0 saturated carbocycles. The highest BCUT2D eigenvalue weighted by Crippen LogP contribution is 2.30. The topological polar surface area (TPSA) is 84.9 Å². The van der Waals surface area contributed by atoms with Gasteiger partial charge >= 0.3 is 0 Å². The number of sulfonamides is 1. The van der Waals surface area contributed by atoms with Crippen LogP contribution in [-0.2, 0) is 14.8 Å². The van der Waals surface area contributed by atoms with E-state index in [1.165, 1.54) is 10.6 Å². The Balaban J connectivity index is 1.46. The largest absolute Gasteiger partial charge is 0.485 e. The summed E-state index contributed by atoms with van der Waals surface area (Å²) >= 11 is 0. The van der Waals surface area contributed by atoms with Crippen LogP contribution in [0.4, 0.5) is 0 Å². The monoisotopic (exact) mass is 354 g/mol. The van der Waals surface area contributed by atoms with Gasteiger partial charge in [-0.15, -0.1) is 0 Å². The quantitative estimate of drug-likeness (QED) is 0.857. The molecular weight excluding hydrogens is 332 g/mol. The van der Waals surface area contributed by atoms with Crippen molar-refractivity contribution in [2.45, 2.75) is 18.9 Å². The number of nitrogens with one attached hydrogen (secondary N) is 1. The maximum Gasteiger partial charge on any atom is 0.264 e. The van der Waals surface area contributed by atoms with E-state index < -0.39 is 16.1 Å². The molecule has 1 amide bonds. The van der Waals surface area contributed by atoms with Gasteiger partial charge < -0.3 is 14.8 Å². The number of carbonyl (C=O) groups excluding carboxylic acids is 1. The number of fused-ring (bicyclic) bond motifs is 1. The summed E-state index contributed by atoms with van der Waals surface area (Å²) in [6.07, 6.45) is 2.07.